The highest BCUT2D eigenvalue weighted by molar-refractivity contribution is 7.99. The first-order valence-electron chi connectivity index (χ1n) is 16.5. The summed E-state index contributed by atoms with van der Waals surface area (Å²) in [4.78, 5) is 81.2. The van der Waals surface area contributed by atoms with Gasteiger partial charge in [0.1, 0.15) is 24.2 Å². The second-order valence-electron chi connectivity index (χ2n) is 12.0. The van der Waals surface area contributed by atoms with Crippen LogP contribution in [0.15, 0.2) is 30.3 Å². The summed E-state index contributed by atoms with van der Waals surface area (Å²) in [6.07, 6.45) is 3.13. The number of carbonyl (C=O) groups excluding carboxylic acids is 6. The average molecular weight is 724 g/mol. The normalized spacial score (nSPS) is 16.9. The topological polar surface area (TPSA) is 235 Å². The van der Waals surface area contributed by atoms with Crippen molar-refractivity contribution in [2.24, 2.45) is 17.2 Å². The Labute approximate surface area is 298 Å². The molecule has 49 heavy (non-hydrogen) atoms. The number of hydrogen-bond acceptors (Lipinski definition) is 11. The van der Waals surface area contributed by atoms with Crippen molar-refractivity contribution in [3.63, 3.8) is 0 Å². The lowest BCUT2D eigenvalue weighted by Gasteiger charge is -2.29. The summed E-state index contributed by atoms with van der Waals surface area (Å²) in [5.74, 6) is -2.09. The molecule has 274 valence electrons. The molecule has 0 bridgehead atoms. The van der Waals surface area contributed by atoms with Gasteiger partial charge in [-0.2, -0.15) is 12.6 Å². The molecule has 0 aliphatic carbocycles. The Kier molecular flexibility index (Phi) is 19.1. The van der Waals surface area contributed by atoms with Gasteiger partial charge in [-0.15, -0.1) is 11.8 Å². The highest BCUT2D eigenvalue weighted by Crippen LogP contribution is 2.19. The van der Waals surface area contributed by atoms with Crippen molar-refractivity contribution in [2.75, 3.05) is 51.1 Å². The molecule has 5 atom stereocenters. The number of hydrogen-bond donors (Lipinski definition) is 8. The highest BCUT2D eigenvalue weighted by atomic mass is 32.2. The van der Waals surface area contributed by atoms with Gasteiger partial charge in [-0.25, -0.2) is 0 Å². The molecule has 17 heteroatoms. The highest BCUT2D eigenvalue weighted by Gasteiger charge is 2.33. The lowest BCUT2D eigenvalue weighted by molar-refractivity contribution is -0.140. The number of rotatable bonds is 22. The third-order valence-corrected chi connectivity index (χ3v) is 9.75. The van der Waals surface area contributed by atoms with Crippen LogP contribution in [0.3, 0.4) is 0 Å². The SMILES string of the molecule is CN1CSCC1C(=O)N[C@@H](CCCCN)C(=O)NCC(=O)N(C)[C@@H](CS)C(=O)NC(CCCCN)C(=O)N[C@@H](Cc1ccccc1)C(N)=O. The Morgan fingerprint density at radius 1 is 0.898 bits per heavy atom. The van der Waals surface area contributed by atoms with Crippen LogP contribution in [0, 0.1) is 0 Å². The van der Waals surface area contributed by atoms with Gasteiger partial charge in [0.2, 0.25) is 35.4 Å². The first-order chi connectivity index (χ1) is 23.4. The van der Waals surface area contributed by atoms with E-state index >= 15 is 0 Å². The van der Waals surface area contributed by atoms with Gasteiger partial charge < -0.3 is 43.4 Å². The number of amides is 6. The smallest absolute Gasteiger partial charge is 0.244 e. The van der Waals surface area contributed by atoms with Crippen LogP contribution < -0.4 is 38.5 Å². The van der Waals surface area contributed by atoms with E-state index in [2.05, 4.69) is 33.9 Å². The van der Waals surface area contributed by atoms with Crippen molar-refractivity contribution >= 4 is 59.8 Å². The van der Waals surface area contributed by atoms with Crippen LogP contribution in [0.5, 0.6) is 0 Å². The Bertz CT molecular complexity index is 1240. The Morgan fingerprint density at radius 2 is 1.49 bits per heavy atom. The first-order valence-corrected chi connectivity index (χ1v) is 18.3. The molecule has 0 aromatic heterocycles. The van der Waals surface area contributed by atoms with Gasteiger partial charge in [-0.1, -0.05) is 30.3 Å². The van der Waals surface area contributed by atoms with Crippen LogP contribution in [0.1, 0.15) is 44.1 Å². The zero-order valence-electron chi connectivity index (χ0n) is 28.4. The van der Waals surface area contributed by atoms with E-state index in [4.69, 9.17) is 17.2 Å². The number of thiol groups is 1. The molecular weight excluding hydrogens is 671 g/mol. The van der Waals surface area contributed by atoms with Gasteiger partial charge in [0.15, 0.2) is 0 Å². The zero-order valence-corrected chi connectivity index (χ0v) is 30.1. The molecule has 1 saturated heterocycles. The van der Waals surface area contributed by atoms with Gasteiger partial charge >= 0.3 is 0 Å². The first kappa shape index (κ1) is 41.8. The summed E-state index contributed by atoms with van der Waals surface area (Å²) in [5.41, 5.74) is 17.6. The minimum atomic E-state index is -1.09. The molecule has 1 aromatic rings. The molecule has 2 rings (SSSR count). The number of carbonyl (C=O) groups is 6. The van der Waals surface area contributed by atoms with E-state index in [9.17, 15) is 28.8 Å². The van der Waals surface area contributed by atoms with E-state index in [0.717, 1.165) is 10.5 Å². The molecule has 1 aliphatic rings. The molecule has 1 aliphatic heterocycles. The fraction of sp³-hybridized carbons (Fsp3) is 0.625. The minimum absolute atomic E-state index is 0.0816. The van der Waals surface area contributed by atoms with Crippen molar-refractivity contribution < 1.29 is 28.8 Å². The van der Waals surface area contributed by atoms with Crippen molar-refractivity contribution in [1.29, 1.82) is 0 Å². The van der Waals surface area contributed by atoms with E-state index in [0.29, 0.717) is 56.8 Å². The number of primary amides is 1. The molecule has 0 radical (unpaired) electrons. The Hall–Kier alpha value is -3.38. The molecule has 15 nitrogen and oxygen atoms in total. The van der Waals surface area contributed by atoms with Gasteiger partial charge in [0, 0.05) is 30.9 Å². The van der Waals surface area contributed by atoms with E-state index in [-0.39, 0.29) is 30.5 Å². The third-order valence-electron chi connectivity index (χ3n) is 8.26. The molecule has 6 amide bonds. The summed E-state index contributed by atoms with van der Waals surface area (Å²) < 4.78 is 0. The Morgan fingerprint density at radius 3 is 2.02 bits per heavy atom. The molecule has 1 aromatic carbocycles. The number of unbranched alkanes of at least 4 members (excludes halogenated alkanes) is 2. The molecule has 0 saturated carbocycles. The van der Waals surface area contributed by atoms with E-state index in [1.807, 2.05) is 30.1 Å². The molecule has 10 N–H and O–H groups in total. The lowest BCUT2D eigenvalue weighted by atomic mass is 10.0. The van der Waals surface area contributed by atoms with Gasteiger partial charge in [0.05, 0.1) is 12.6 Å². The lowest BCUT2D eigenvalue weighted by Crippen LogP contribution is -2.58. The van der Waals surface area contributed by atoms with Crippen LogP contribution >= 0.6 is 24.4 Å². The van der Waals surface area contributed by atoms with Crippen molar-refractivity contribution in [3.8, 4) is 0 Å². The van der Waals surface area contributed by atoms with Crippen molar-refractivity contribution in [2.45, 2.75) is 75.2 Å². The van der Waals surface area contributed by atoms with Crippen molar-refractivity contribution in [1.82, 2.24) is 31.1 Å². The maximum atomic E-state index is 13.4. The van der Waals surface area contributed by atoms with Gasteiger partial charge in [-0.3, -0.25) is 33.7 Å². The average Bonchev–Trinajstić information content (AvgIpc) is 3.52. The molecule has 0 spiro atoms. The summed E-state index contributed by atoms with van der Waals surface area (Å²) in [5, 5.41) is 10.8. The maximum absolute atomic E-state index is 13.4. The standard InChI is InChI=1S/C32H53N9O6S2/c1-40-20-49-19-26(40)32(47)37-22(12-6-8-14-33)29(44)36-17-27(42)41(2)25(18-48)31(46)38-23(13-7-9-15-34)30(45)39-24(28(35)43)16-21-10-4-3-5-11-21/h3-5,10-11,22-26,48H,6-9,12-20,33-34H2,1-2H3,(H2,35,43)(H,36,44)(H,37,47)(H,38,46)(H,39,45)/t22-,23?,24-,25-,26?/m0/s1. The van der Waals surface area contributed by atoms with Gasteiger partial charge in [-0.05, 0) is 64.2 Å². The molecule has 2 unspecified atom stereocenters. The van der Waals surface area contributed by atoms with Crippen LogP contribution in [-0.4, -0.2) is 127 Å². The summed E-state index contributed by atoms with van der Waals surface area (Å²) in [6.45, 7) is 0.391. The van der Waals surface area contributed by atoms with E-state index in [1.165, 1.54) is 7.05 Å². The maximum Gasteiger partial charge on any atom is 0.244 e. The molecule has 1 heterocycles. The number of nitrogens with zero attached hydrogens (tertiary/aromatic N) is 2. The fourth-order valence-electron chi connectivity index (χ4n) is 5.17. The minimum Gasteiger partial charge on any atom is -0.368 e. The van der Waals surface area contributed by atoms with E-state index in [1.54, 1.807) is 23.9 Å². The summed E-state index contributed by atoms with van der Waals surface area (Å²) in [6, 6.07) is 4.68. The second-order valence-corrected chi connectivity index (χ2v) is 13.4. The van der Waals surface area contributed by atoms with Crippen molar-refractivity contribution in [3.05, 3.63) is 35.9 Å². The summed E-state index contributed by atoms with van der Waals surface area (Å²) in [7, 11) is 3.24. The largest absolute Gasteiger partial charge is 0.368 e. The quantitative estimate of drug-likeness (QED) is 0.0499. The predicted octanol–water partition coefficient (Wildman–Crippen LogP) is -1.70. The monoisotopic (exact) mass is 723 g/mol. The second kappa shape index (κ2) is 22.4. The zero-order chi connectivity index (χ0) is 36.3. The predicted molar refractivity (Wildman–Crippen MR) is 193 cm³/mol. The number of nitrogens with two attached hydrogens (primary N) is 3. The summed E-state index contributed by atoms with van der Waals surface area (Å²) >= 11 is 5.91. The number of nitrogens with one attached hydrogen (secondary N) is 4. The Balaban J connectivity index is 2.06. The number of likely N-dealkylation sites (N-methyl/N-ethyl adjacent to an activating group) is 2. The van der Waals surface area contributed by atoms with Crippen LogP contribution in [0.2, 0.25) is 0 Å². The van der Waals surface area contributed by atoms with Crippen LogP contribution in [0.25, 0.3) is 0 Å². The molecule has 1 fully saturated rings. The number of thioether (sulfide) groups is 1. The van der Waals surface area contributed by atoms with Gasteiger partial charge in [0.25, 0.3) is 0 Å². The molecular formula is C32H53N9O6S2. The third kappa shape index (κ3) is 14.2. The van der Waals surface area contributed by atoms with Crippen LogP contribution in [-0.2, 0) is 35.2 Å². The number of benzene rings is 1. The van der Waals surface area contributed by atoms with E-state index < -0.39 is 60.2 Å². The van der Waals surface area contributed by atoms with Crippen LogP contribution in [0.4, 0.5) is 0 Å². The fourth-order valence-corrected chi connectivity index (χ4v) is 6.78.